The van der Waals surface area contributed by atoms with Gasteiger partial charge in [-0.3, -0.25) is 14.9 Å². The smallest absolute Gasteiger partial charge is 0.261 e. The number of allylic oxidation sites excluding steroid dienone is 1. The summed E-state index contributed by atoms with van der Waals surface area (Å²) in [5, 5.41) is 5.30. The van der Waals surface area contributed by atoms with Gasteiger partial charge in [-0.05, 0) is 18.9 Å². The molecule has 98 valence electrons. The normalized spacial score (nSPS) is 17.7. The van der Waals surface area contributed by atoms with Gasteiger partial charge in [0.2, 0.25) is 0 Å². The Hall–Kier alpha value is -1.55. The zero-order chi connectivity index (χ0) is 13.5. The third kappa shape index (κ3) is 3.47. The van der Waals surface area contributed by atoms with E-state index in [0.717, 1.165) is 19.3 Å². The van der Waals surface area contributed by atoms with Crippen LogP contribution in [0.4, 0.5) is 0 Å². The predicted molar refractivity (Wildman–Crippen MR) is 72.1 cm³/mol. The van der Waals surface area contributed by atoms with Gasteiger partial charge in [0.1, 0.15) is 0 Å². The molecule has 1 rings (SSSR count). The summed E-state index contributed by atoms with van der Waals surface area (Å²) in [7, 11) is 0. The lowest BCUT2D eigenvalue weighted by Crippen LogP contribution is -2.22. The van der Waals surface area contributed by atoms with Gasteiger partial charge >= 0.3 is 0 Å². The van der Waals surface area contributed by atoms with Crippen molar-refractivity contribution in [1.82, 2.24) is 10.6 Å². The lowest BCUT2D eigenvalue weighted by Gasteiger charge is -2.09. The van der Waals surface area contributed by atoms with E-state index in [9.17, 15) is 9.59 Å². The maximum absolute atomic E-state index is 11.6. The molecule has 0 spiro atoms. The number of alkyl halides is 1. The summed E-state index contributed by atoms with van der Waals surface area (Å²) in [6.07, 6.45) is 4.46. The molecule has 0 unspecified atom stereocenters. The van der Waals surface area contributed by atoms with Crippen molar-refractivity contribution in [2.75, 3.05) is 12.4 Å². The minimum absolute atomic E-state index is 0.183. The highest BCUT2D eigenvalue weighted by atomic mass is 35.5. The van der Waals surface area contributed by atoms with Crippen molar-refractivity contribution in [3.05, 3.63) is 36.1 Å². The fraction of sp³-hybridized carbons (Fsp3) is 0.385. The molecule has 1 heterocycles. The van der Waals surface area contributed by atoms with Crippen molar-refractivity contribution in [3.8, 4) is 0 Å². The van der Waals surface area contributed by atoms with E-state index in [2.05, 4.69) is 23.8 Å². The van der Waals surface area contributed by atoms with Crippen LogP contribution in [0.3, 0.4) is 0 Å². The predicted octanol–water partition coefficient (Wildman–Crippen LogP) is 1.64. The van der Waals surface area contributed by atoms with Crippen LogP contribution in [0.1, 0.15) is 19.3 Å². The van der Waals surface area contributed by atoms with E-state index < -0.39 is 11.8 Å². The first-order valence-corrected chi connectivity index (χ1v) is 6.36. The van der Waals surface area contributed by atoms with Crippen LogP contribution >= 0.6 is 11.6 Å². The van der Waals surface area contributed by atoms with Crippen molar-refractivity contribution in [1.29, 1.82) is 0 Å². The summed E-state index contributed by atoms with van der Waals surface area (Å²) >= 11 is 5.58. The highest BCUT2D eigenvalue weighted by molar-refractivity contribution is 6.24. The van der Waals surface area contributed by atoms with Crippen LogP contribution in [0.2, 0.25) is 0 Å². The molecule has 0 aromatic rings. The van der Waals surface area contributed by atoms with Gasteiger partial charge in [0.25, 0.3) is 11.8 Å². The number of rotatable bonds is 7. The number of nitrogens with one attached hydrogen (secondary N) is 2. The minimum Gasteiger partial charge on any atom is -0.384 e. The Morgan fingerprint density at radius 3 is 2.50 bits per heavy atom. The first kappa shape index (κ1) is 14.5. The van der Waals surface area contributed by atoms with Crippen LogP contribution in [0, 0.1) is 0 Å². The van der Waals surface area contributed by atoms with Crippen molar-refractivity contribution < 1.29 is 9.59 Å². The number of unbranched alkanes of at least 4 members (excludes halogenated alkanes) is 2. The van der Waals surface area contributed by atoms with Crippen LogP contribution in [0.15, 0.2) is 36.1 Å². The van der Waals surface area contributed by atoms with Crippen LogP contribution in [0.5, 0.6) is 0 Å². The molecule has 2 amide bonds. The first-order valence-electron chi connectivity index (χ1n) is 5.83. The first-order chi connectivity index (χ1) is 8.61. The van der Waals surface area contributed by atoms with Gasteiger partial charge in [0.05, 0.1) is 5.57 Å². The van der Waals surface area contributed by atoms with E-state index in [1.165, 1.54) is 6.08 Å². The molecule has 0 bridgehead atoms. The Morgan fingerprint density at radius 2 is 2.00 bits per heavy atom. The zero-order valence-electron chi connectivity index (χ0n) is 10.2. The third-order valence-corrected chi connectivity index (χ3v) is 2.90. The SMILES string of the molecule is C=C/C(NCCCCCCl)=C1\C(=C)C(=O)NC1=O. The number of imide groups is 1. The fourth-order valence-electron chi connectivity index (χ4n) is 1.66. The molecule has 4 nitrogen and oxygen atoms in total. The van der Waals surface area contributed by atoms with Gasteiger partial charge in [-0.25, -0.2) is 0 Å². The Bertz CT molecular complexity index is 413. The summed E-state index contributed by atoms with van der Waals surface area (Å²) in [6.45, 7) is 7.94. The molecular formula is C13H17ClN2O2. The molecule has 1 aliphatic heterocycles. The topological polar surface area (TPSA) is 58.2 Å². The Balaban J connectivity index is 2.64. The number of carbonyl (C=O) groups excluding carboxylic acids is 2. The second-order valence-corrected chi connectivity index (χ2v) is 4.31. The number of amides is 2. The number of hydrogen-bond donors (Lipinski definition) is 2. The van der Waals surface area contributed by atoms with E-state index in [1.54, 1.807) is 0 Å². The lowest BCUT2D eigenvalue weighted by molar-refractivity contribution is -0.123. The van der Waals surface area contributed by atoms with Crippen molar-refractivity contribution in [2.45, 2.75) is 19.3 Å². The van der Waals surface area contributed by atoms with Crippen molar-refractivity contribution >= 4 is 23.4 Å². The average Bonchev–Trinajstić information content (AvgIpc) is 2.59. The summed E-state index contributed by atoms with van der Waals surface area (Å²) in [5.74, 6) is -0.213. The summed E-state index contributed by atoms with van der Waals surface area (Å²) in [6, 6.07) is 0. The van der Waals surface area contributed by atoms with Crippen LogP contribution < -0.4 is 10.6 Å². The zero-order valence-corrected chi connectivity index (χ0v) is 11.0. The third-order valence-electron chi connectivity index (χ3n) is 2.63. The molecular weight excluding hydrogens is 252 g/mol. The Morgan fingerprint density at radius 1 is 1.28 bits per heavy atom. The van der Waals surface area contributed by atoms with E-state index in [-0.39, 0.29) is 11.1 Å². The molecule has 0 aromatic carbocycles. The quantitative estimate of drug-likeness (QED) is 0.319. The number of halogens is 1. The molecule has 5 heteroatoms. The average molecular weight is 269 g/mol. The van der Waals surface area contributed by atoms with Gasteiger partial charge in [-0.2, -0.15) is 0 Å². The summed E-state index contributed by atoms with van der Waals surface area (Å²) in [5.41, 5.74) is 1.02. The molecule has 18 heavy (non-hydrogen) atoms. The molecule has 0 saturated carbocycles. The fourth-order valence-corrected chi connectivity index (χ4v) is 1.85. The van der Waals surface area contributed by atoms with Crippen LogP contribution in [0.25, 0.3) is 0 Å². The number of carbonyl (C=O) groups is 2. The molecule has 0 radical (unpaired) electrons. The molecule has 1 saturated heterocycles. The summed E-state index contributed by atoms with van der Waals surface area (Å²) in [4.78, 5) is 22.9. The Kier molecular flexibility index (Phi) is 5.65. The molecule has 0 atom stereocenters. The van der Waals surface area contributed by atoms with Crippen LogP contribution in [-0.2, 0) is 9.59 Å². The summed E-state index contributed by atoms with van der Waals surface area (Å²) < 4.78 is 0. The molecule has 1 fully saturated rings. The van der Waals surface area contributed by atoms with E-state index >= 15 is 0 Å². The van der Waals surface area contributed by atoms with Gasteiger partial charge in [0.15, 0.2) is 0 Å². The van der Waals surface area contributed by atoms with Crippen molar-refractivity contribution in [2.24, 2.45) is 0 Å². The maximum Gasteiger partial charge on any atom is 0.261 e. The van der Waals surface area contributed by atoms with E-state index in [4.69, 9.17) is 11.6 Å². The minimum atomic E-state index is -0.446. The van der Waals surface area contributed by atoms with Gasteiger partial charge < -0.3 is 5.32 Å². The van der Waals surface area contributed by atoms with Gasteiger partial charge in [-0.1, -0.05) is 19.6 Å². The Labute approximate surface area is 112 Å². The highest BCUT2D eigenvalue weighted by Gasteiger charge is 2.30. The monoisotopic (exact) mass is 268 g/mol. The second-order valence-electron chi connectivity index (χ2n) is 3.93. The molecule has 0 aromatic heterocycles. The van der Waals surface area contributed by atoms with Crippen LogP contribution in [-0.4, -0.2) is 24.2 Å². The maximum atomic E-state index is 11.6. The number of hydrogen-bond acceptors (Lipinski definition) is 3. The highest BCUT2D eigenvalue weighted by Crippen LogP contribution is 2.18. The molecule has 1 aliphatic rings. The largest absolute Gasteiger partial charge is 0.384 e. The van der Waals surface area contributed by atoms with Crippen molar-refractivity contribution in [3.63, 3.8) is 0 Å². The second kappa shape index (κ2) is 7.01. The lowest BCUT2D eigenvalue weighted by atomic mass is 10.1. The van der Waals surface area contributed by atoms with Gasteiger partial charge in [-0.15, -0.1) is 11.6 Å². The van der Waals surface area contributed by atoms with E-state index in [0.29, 0.717) is 18.1 Å². The molecule has 2 N–H and O–H groups in total. The standard InChI is InChI=1S/C13H17ClN2O2/c1-3-10(15-8-6-4-5-7-14)11-9(2)12(17)16-13(11)18/h3,15H,1-2,4-8H2,(H,16,17,18)/b11-10-. The van der Waals surface area contributed by atoms with Gasteiger partial charge in [0, 0.05) is 23.7 Å². The van der Waals surface area contributed by atoms with E-state index in [1.807, 2.05) is 0 Å². The molecule has 0 aliphatic carbocycles.